The number of ether oxygens (including phenoxy) is 1. The Balaban J connectivity index is 1.84. The Bertz CT molecular complexity index is 991. The predicted molar refractivity (Wildman–Crippen MR) is 94.4 cm³/mol. The van der Waals surface area contributed by atoms with Crippen molar-refractivity contribution in [1.29, 1.82) is 0 Å². The highest BCUT2D eigenvalue weighted by Crippen LogP contribution is 2.34. The molecule has 0 radical (unpaired) electrons. The lowest BCUT2D eigenvalue weighted by atomic mass is 10.2. The second-order valence-electron chi connectivity index (χ2n) is 4.94. The number of aromatic amines is 1. The topological polar surface area (TPSA) is 136 Å². The van der Waals surface area contributed by atoms with Gasteiger partial charge in [0.15, 0.2) is 11.0 Å². The van der Waals surface area contributed by atoms with Crippen molar-refractivity contribution in [3.8, 4) is 10.8 Å². The van der Waals surface area contributed by atoms with Crippen LogP contribution in [0.1, 0.15) is 10.5 Å². The molecule has 3 aromatic rings. The zero-order valence-corrected chi connectivity index (χ0v) is 13.8. The van der Waals surface area contributed by atoms with E-state index in [1.807, 2.05) is 0 Å². The fourth-order valence-electron chi connectivity index (χ4n) is 2.09. The Labute approximate surface area is 145 Å². The van der Waals surface area contributed by atoms with Crippen molar-refractivity contribution < 1.29 is 14.5 Å². The van der Waals surface area contributed by atoms with Gasteiger partial charge in [-0.25, -0.2) is 0 Å². The van der Waals surface area contributed by atoms with Crippen molar-refractivity contribution >= 4 is 39.1 Å². The number of hydrogen-bond acceptors (Lipinski definition) is 5. The number of amides is 1. The number of carbonyl (C=O) groups excluding carboxylic acids is 1. The van der Waals surface area contributed by atoms with E-state index in [1.54, 1.807) is 31.3 Å². The Morgan fingerprint density at radius 1 is 1.36 bits per heavy atom. The summed E-state index contributed by atoms with van der Waals surface area (Å²) >= 11 is 0.936. The van der Waals surface area contributed by atoms with E-state index in [1.165, 1.54) is 12.1 Å². The first-order valence-corrected chi connectivity index (χ1v) is 7.89. The summed E-state index contributed by atoms with van der Waals surface area (Å²) in [6.07, 6.45) is 0. The summed E-state index contributed by atoms with van der Waals surface area (Å²) < 4.78 is 5.62. The molecule has 9 nitrogen and oxygen atoms in total. The van der Waals surface area contributed by atoms with Crippen LogP contribution >= 0.6 is 11.3 Å². The second kappa shape index (κ2) is 6.61. The van der Waals surface area contributed by atoms with Crippen LogP contribution in [0.15, 0.2) is 41.4 Å². The molecular formula is C15H13N5O4S. The monoisotopic (exact) mass is 359 g/mol. The summed E-state index contributed by atoms with van der Waals surface area (Å²) in [6, 6.07) is 9.75. The molecule has 0 spiro atoms. The number of nitro groups is 1. The highest BCUT2D eigenvalue weighted by atomic mass is 32.1. The molecule has 2 heterocycles. The van der Waals surface area contributed by atoms with Gasteiger partial charge in [-0.1, -0.05) is 0 Å². The van der Waals surface area contributed by atoms with Crippen LogP contribution in [0.5, 0.6) is 10.8 Å². The number of nitrogens with zero attached hydrogens (tertiary/aromatic N) is 2. The standard InChI is InChI=1S/C15H13N5O4S/c1-17-15(16)19-14(21)11-6-8-2-3-9(7-10(8)18-11)24-13-5-4-12(25-13)20(22)23/h2-7,18H,1H3,(H3,16,17,19,21). The number of H-pyrrole nitrogens is 1. The van der Waals surface area contributed by atoms with Crippen molar-refractivity contribution in [3.63, 3.8) is 0 Å². The number of hydrogen-bond donors (Lipinski definition) is 3. The molecule has 0 saturated heterocycles. The molecule has 1 amide bonds. The van der Waals surface area contributed by atoms with Crippen molar-refractivity contribution in [2.24, 2.45) is 10.7 Å². The fraction of sp³-hybridized carbons (Fsp3) is 0.0667. The minimum absolute atomic E-state index is 0.00354. The summed E-state index contributed by atoms with van der Waals surface area (Å²) in [6.45, 7) is 0. The van der Waals surface area contributed by atoms with Gasteiger partial charge in [0.1, 0.15) is 11.4 Å². The Morgan fingerprint density at radius 2 is 2.16 bits per heavy atom. The normalized spacial score (nSPS) is 11.5. The van der Waals surface area contributed by atoms with Gasteiger partial charge >= 0.3 is 5.00 Å². The van der Waals surface area contributed by atoms with Crippen LogP contribution in [0.2, 0.25) is 0 Å². The zero-order chi connectivity index (χ0) is 18.0. The molecule has 0 saturated carbocycles. The molecule has 25 heavy (non-hydrogen) atoms. The van der Waals surface area contributed by atoms with E-state index in [0.29, 0.717) is 16.3 Å². The largest absolute Gasteiger partial charge is 0.446 e. The van der Waals surface area contributed by atoms with Crippen LogP contribution in [-0.2, 0) is 0 Å². The maximum Gasteiger partial charge on any atom is 0.327 e. The summed E-state index contributed by atoms with van der Waals surface area (Å²) in [5, 5.41) is 14.5. The third-order valence-corrected chi connectivity index (χ3v) is 4.18. The number of carbonyl (C=O) groups is 1. The number of guanidine groups is 1. The first-order chi connectivity index (χ1) is 12.0. The minimum Gasteiger partial charge on any atom is -0.446 e. The quantitative estimate of drug-likeness (QED) is 0.283. The number of aromatic nitrogens is 1. The third-order valence-electron chi connectivity index (χ3n) is 3.27. The van der Waals surface area contributed by atoms with Gasteiger partial charge in [0, 0.05) is 30.1 Å². The number of aliphatic imine (C=N–C) groups is 1. The summed E-state index contributed by atoms with van der Waals surface area (Å²) in [5.74, 6) is 0.00899. The van der Waals surface area contributed by atoms with E-state index >= 15 is 0 Å². The van der Waals surface area contributed by atoms with E-state index in [2.05, 4.69) is 15.3 Å². The molecule has 0 fully saturated rings. The smallest absolute Gasteiger partial charge is 0.327 e. The van der Waals surface area contributed by atoms with Crippen LogP contribution in [0.3, 0.4) is 0 Å². The van der Waals surface area contributed by atoms with Crippen molar-refractivity contribution in [1.82, 2.24) is 10.3 Å². The molecule has 0 aliphatic rings. The Hall–Kier alpha value is -3.40. The second-order valence-corrected chi connectivity index (χ2v) is 5.96. The third kappa shape index (κ3) is 3.58. The fourth-order valence-corrected chi connectivity index (χ4v) is 2.78. The molecule has 0 unspecified atom stereocenters. The minimum atomic E-state index is -0.501. The first kappa shape index (κ1) is 16.5. The van der Waals surface area contributed by atoms with E-state index in [4.69, 9.17) is 10.5 Å². The van der Waals surface area contributed by atoms with Crippen LogP contribution in [0.25, 0.3) is 10.9 Å². The number of benzene rings is 1. The summed E-state index contributed by atoms with van der Waals surface area (Å²) in [4.78, 5) is 28.9. The average Bonchev–Trinajstić information content (AvgIpc) is 3.21. The van der Waals surface area contributed by atoms with Crippen LogP contribution < -0.4 is 15.8 Å². The van der Waals surface area contributed by atoms with Gasteiger partial charge in [-0.2, -0.15) is 4.99 Å². The number of rotatable bonds is 4. The lowest BCUT2D eigenvalue weighted by Crippen LogP contribution is -2.28. The molecule has 4 N–H and O–H groups in total. The van der Waals surface area contributed by atoms with Crippen molar-refractivity contribution in [2.45, 2.75) is 0 Å². The van der Waals surface area contributed by atoms with Crippen LogP contribution in [0.4, 0.5) is 5.00 Å². The van der Waals surface area contributed by atoms with Gasteiger partial charge in [0.2, 0.25) is 0 Å². The van der Waals surface area contributed by atoms with Crippen molar-refractivity contribution in [3.05, 3.63) is 52.2 Å². The molecule has 10 heteroatoms. The first-order valence-electron chi connectivity index (χ1n) is 7.07. The molecule has 0 atom stereocenters. The average molecular weight is 359 g/mol. The highest BCUT2D eigenvalue weighted by Gasteiger charge is 2.13. The molecule has 3 rings (SSSR count). The molecule has 1 aromatic carbocycles. The van der Waals surface area contributed by atoms with E-state index in [-0.39, 0.29) is 16.7 Å². The number of fused-ring (bicyclic) bond motifs is 1. The maximum absolute atomic E-state index is 12.0. The molecular weight excluding hydrogens is 346 g/mol. The van der Waals surface area contributed by atoms with Gasteiger partial charge in [-0.15, -0.1) is 0 Å². The lowest BCUT2D eigenvalue weighted by Gasteiger charge is -2.01. The zero-order valence-electron chi connectivity index (χ0n) is 13.0. The lowest BCUT2D eigenvalue weighted by molar-refractivity contribution is -0.380. The van der Waals surface area contributed by atoms with E-state index in [0.717, 1.165) is 16.7 Å². The van der Waals surface area contributed by atoms with Crippen LogP contribution in [-0.4, -0.2) is 28.8 Å². The van der Waals surface area contributed by atoms with Gasteiger partial charge < -0.3 is 20.8 Å². The van der Waals surface area contributed by atoms with Gasteiger partial charge in [-0.3, -0.25) is 14.9 Å². The van der Waals surface area contributed by atoms with Gasteiger partial charge in [0.25, 0.3) is 5.91 Å². The van der Waals surface area contributed by atoms with E-state index in [9.17, 15) is 14.9 Å². The molecule has 0 aliphatic carbocycles. The molecule has 0 bridgehead atoms. The number of nitrogens with two attached hydrogens (primary N) is 1. The highest BCUT2D eigenvalue weighted by molar-refractivity contribution is 7.17. The Kier molecular flexibility index (Phi) is 4.35. The number of thiophene rings is 1. The summed E-state index contributed by atoms with van der Waals surface area (Å²) in [5.41, 5.74) is 6.44. The van der Waals surface area contributed by atoms with E-state index < -0.39 is 10.8 Å². The summed E-state index contributed by atoms with van der Waals surface area (Å²) in [7, 11) is 1.57. The van der Waals surface area contributed by atoms with Gasteiger partial charge in [0.05, 0.1) is 4.92 Å². The van der Waals surface area contributed by atoms with Crippen LogP contribution in [0, 0.1) is 10.1 Å². The number of nitrogens with one attached hydrogen (secondary N) is 2. The SMILES string of the molecule is CNC(N)=NC(=O)c1cc2ccc(Oc3ccc([N+](=O)[O-])s3)cc2[nH]1. The molecule has 0 aliphatic heterocycles. The van der Waals surface area contributed by atoms with Gasteiger partial charge in [-0.05, 0) is 35.6 Å². The predicted octanol–water partition coefficient (Wildman–Crippen LogP) is 2.60. The molecule has 128 valence electrons. The Morgan fingerprint density at radius 3 is 2.84 bits per heavy atom. The molecule has 2 aromatic heterocycles. The maximum atomic E-state index is 12.0. The van der Waals surface area contributed by atoms with Crippen molar-refractivity contribution in [2.75, 3.05) is 7.05 Å².